The van der Waals surface area contributed by atoms with E-state index in [1.54, 1.807) is 38.4 Å². The highest BCUT2D eigenvalue weighted by Gasteiger charge is 2.21. The van der Waals surface area contributed by atoms with Gasteiger partial charge in [0.05, 0.1) is 35.9 Å². The summed E-state index contributed by atoms with van der Waals surface area (Å²) in [7, 11) is 1.66. The molecule has 0 saturated heterocycles. The summed E-state index contributed by atoms with van der Waals surface area (Å²) >= 11 is 6.32. The van der Waals surface area contributed by atoms with E-state index in [0.717, 1.165) is 11.3 Å². The van der Waals surface area contributed by atoms with Crippen LogP contribution in [0.2, 0.25) is 5.02 Å². The summed E-state index contributed by atoms with van der Waals surface area (Å²) in [4.78, 5) is 26.2. The minimum absolute atomic E-state index is 0.124. The van der Waals surface area contributed by atoms with Crippen LogP contribution < -0.4 is 15.5 Å². The third-order valence-corrected chi connectivity index (χ3v) is 5.70. The van der Waals surface area contributed by atoms with Gasteiger partial charge in [0.1, 0.15) is 16.6 Å². The van der Waals surface area contributed by atoms with Gasteiger partial charge in [-0.15, -0.1) is 0 Å². The number of amides is 1. The number of anilines is 5. The van der Waals surface area contributed by atoms with Gasteiger partial charge in [-0.25, -0.2) is 19.2 Å². The number of rotatable bonds is 5. The van der Waals surface area contributed by atoms with Crippen molar-refractivity contribution in [3.63, 3.8) is 0 Å². The largest absolute Gasteiger partial charge is 0.449 e. The van der Waals surface area contributed by atoms with Crippen molar-refractivity contribution in [1.82, 2.24) is 15.0 Å². The van der Waals surface area contributed by atoms with Crippen molar-refractivity contribution < 1.29 is 18.3 Å². The van der Waals surface area contributed by atoms with E-state index in [0.29, 0.717) is 30.0 Å². The molecule has 0 bridgehead atoms. The quantitative estimate of drug-likeness (QED) is 0.356. The SMILES string of the molecule is Cc1cnc(-c2cccc(F)c2Nc2nc(Nc3ccc4c(c3)CCOC(=O)N4C)ncc2Cl)o1. The second-order valence-corrected chi connectivity index (χ2v) is 8.25. The number of hydrogen-bond acceptors (Lipinski definition) is 8. The van der Waals surface area contributed by atoms with Gasteiger partial charge in [0.15, 0.2) is 5.82 Å². The van der Waals surface area contributed by atoms with Crippen LogP contribution in [0.1, 0.15) is 11.3 Å². The van der Waals surface area contributed by atoms with Crippen molar-refractivity contribution >= 4 is 46.5 Å². The molecule has 0 atom stereocenters. The number of carbonyl (C=O) groups is 1. The number of aromatic nitrogens is 3. The molecular weight excluding hydrogens is 475 g/mol. The van der Waals surface area contributed by atoms with Crippen LogP contribution in [-0.4, -0.2) is 34.7 Å². The number of nitrogens with one attached hydrogen (secondary N) is 2. The van der Waals surface area contributed by atoms with Gasteiger partial charge in [-0.3, -0.25) is 4.90 Å². The third kappa shape index (κ3) is 4.60. The average molecular weight is 495 g/mol. The summed E-state index contributed by atoms with van der Waals surface area (Å²) in [6.45, 7) is 2.05. The Morgan fingerprint density at radius 2 is 2.00 bits per heavy atom. The van der Waals surface area contributed by atoms with Crippen molar-refractivity contribution in [2.75, 3.05) is 29.2 Å². The van der Waals surface area contributed by atoms with Crippen LogP contribution in [0.4, 0.5) is 38.0 Å². The fraction of sp³-hybridized carbons (Fsp3) is 0.167. The van der Waals surface area contributed by atoms with Gasteiger partial charge in [0.2, 0.25) is 11.8 Å². The topological polar surface area (TPSA) is 105 Å². The molecule has 0 saturated carbocycles. The molecule has 1 aliphatic heterocycles. The van der Waals surface area contributed by atoms with E-state index in [-0.39, 0.29) is 28.4 Å². The number of fused-ring (bicyclic) bond motifs is 1. The second kappa shape index (κ2) is 9.22. The van der Waals surface area contributed by atoms with Crippen LogP contribution in [0.25, 0.3) is 11.5 Å². The minimum atomic E-state index is -0.519. The van der Waals surface area contributed by atoms with Crippen LogP contribution in [0.3, 0.4) is 0 Å². The van der Waals surface area contributed by atoms with E-state index in [4.69, 9.17) is 20.8 Å². The molecule has 1 amide bonds. The fourth-order valence-electron chi connectivity index (χ4n) is 3.71. The highest BCUT2D eigenvalue weighted by atomic mass is 35.5. The van der Waals surface area contributed by atoms with Crippen molar-refractivity contribution in [1.29, 1.82) is 0 Å². The standard InChI is InChI=1S/C24H20ClFN6O3/c1-13-11-27-22(35-13)16-4-3-5-18(26)20(16)30-21-17(25)12-28-23(31-21)29-15-6-7-19-14(10-15)8-9-34-24(33)32(19)2/h3-7,10-12H,8-9H2,1-2H3,(H2,28,29,30,31). The first kappa shape index (κ1) is 22.6. The van der Waals surface area contributed by atoms with E-state index in [1.165, 1.54) is 17.2 Å². The molecule has 0 spiro atoms. The summed E-state index contributed by atoms with van der Waals surface area (Å²) in [6, 6.07) is 10.1. The zero-order valence-corrected chi connectivity index (χ0v) is 19.6. The Bertz CT molecular complexity index is 1430. The minimum Gasteiger partial charge on any atom is -0.449 e. The van der Waals surface area contributed by atoms with Crippen LogP contribution in [-0.2, 0) is 11.2 Å². The maximum Gasteiger partial charge on any atom is 0.414 e. The zero-order chi connectivity index (χ0) is 24.5. The molecule has 2 aromatic heterocycles. The van der Waals surface area contributed by atoms with E-state index in [9.17, 15) is 9.18 Å². The van der Waals surface area contributed by atoms with Crippen molar-refractivity contribution in [2.24, 2.45) is 0 Å². The molecule has 0 radical (unpaired) electrons. The molecule has 35 heavy (non-hydrogen) atoms. The molecule has 178 valence electrons. The molecule has 0 aliphatic carbocycles. The van der Waals surface area contributed by atoms with Gasteiger partial charge in [-0.1, -0.05) is 17.7 Å². The molecule has 5 rings (SSSR count). The van der Waals surface area contributed by atoms with Gasteiger partial charge in [0.25, 0.3) is 0 Å². The van der Waals surface area contributed by atoms with Gasteiger partial charge in [-0.2, -0.15) is 4.98 Å². The summed E-state index contributed by atoms with van der Waals surface area (Å²) in [5.41, 5.74) is 2.97. The molecule has 0 unspecified atom stereocenters. The predicted octanol–water partition coefficient (Wildman–Crippen LogP) is 5.85. The predicted molar refractivity (Wildman–Crippen MR) is 130 cm³/mol. The number of hydrogen-bond donors (Lipinski definition) is 2. The summed E-state index contributed by atoms with van der Waals surface area (Å²) in [6.07, 6.45) is 3.16. The molecule has 11 heteroatoms. The van der Waals surface area contributed by atoms with Crippen LogP contribution in [0.15, 0.2) is 53.2 Å². The number of nitrogens with zero attached hydrogens (tertiary/aromatic N) is 4. The van der Waals surface area contributed by atoms with Crippen LogP contribution in [0.5, 0.6) is 0 Å². The molecule has 0 fully saturated rings. The highest BCUT2D eigenvalue weighted by molar-refractivity contribution is 6.33. The van der Waals surface area contributed by atoms with E-state index >= 15 is 0 Å². The smallest absolute Gasteiger partial charge is 0.414 e. The number of benzene rings is 2. The maximum atomic E-state index is 14.8. The highest BCUT2D eigenvalue weighted by Crippen LogP contribution is 2.34. The lowest BCUT2D eigenvalue weighted by Gasteiger charge is -2.17. The molecule has 9 nitrogen and oxygen atoms in total. The summed E-state index contributed by atoms with van der Waals surface area (Å²) in [5, 5.41) is 6.28. The Hall–Kier alpha value is -4.18. The molecule has 1 aliphatic rings. The summed E-state index contributed by atoms with van der Waals surface area (Å²) < 4.78 is 25.5. The Morgan fingerprint density at radius 3 is 2.80 bits per heavy atom. The molecule has 2 N–H and O–H groups in total. The fourth-order valence-corrected chi connectivity index (χ4v) is 3.84. The molecule has 4 aromatic rings. The van der Waals surface area contributed by atoms with Crippen LogP contribution >= 0.6 is 11.6 Å². The van der Waals surface area contributed by atoms with Gasteiger partial charge in [-0.05, 0) is 42.8 Å². The van der Waals surface area contributed by atoms with Gasteiger partial charge < -0.3 is 19.8 Å². The Labute approximate surface area is 204 Å². The van der Waals surface area contributed by atoms with Gasteiger partial charge >= 0.3 is 6.09 Å². The van der Waals surface area contributed by atoms with E-state index in [1.807, 2.05) is 12.1 Å². The van der Waals surface area contributed by atoms with Crippen molar-refractivity contribution in [3.05, 3.63) is 71.0 Å². The Balaban J connectivity index is 1.43. The molecular formula is C24H20ClFN6O3. The van der Waals surface area contributed by atoms with Gasteiger partial charge in [0, 0.05) is 19.2 Å². The monoisotopic (exact) mass is 494 g/mol. The Morgan fingerprint density at radius 1 is 1.14 bits per heavy atom. The van der Waals surface area contributed by atoms with Crippen molar-refractivity contribution in [3.8, 4) is 11.5 Å². The summed E-state index contributed by atoms with van der Waals surface area (Å²) in [5.74, 6) is 0.799. The van der Waals surface area contributed by atoms with Crippen molar-refractivity contribution in [2.45, 2.75) is 13.3 Å². The first-order valence-electron chi connectivity index (χ1n) is 10.7. The lowest BCUT2D eigenvalue weighted by atomic mass is 10.1. The normalized spacial score (nSPS) is 13.1. The molecule has 2 aromatic carbocycles. The first-order valence-corrected chi connectivity index (χ1v) is 11.1. The van der Waals surface area contributed by atoms with E-state index in [2.05, 4.69) is 25.6 Å². The number of ether oxygens (including phenoxy) is 1. The number of cyclic esters (lactones) is 1. The Kier molecular flexibility index (Phi) is 5.96. The average Bonchev–Trinajstić information content (AvgIpc) is 3.22. The number of oxazole rings is 1. The number of para-hydroxylation sites is 1. The number of carbonyl (C=O) groups excluding carboxylic acids is 1. The third-order valence-electron chi connectivity index (χ3n) is 5.42. The lowest BCUT2D eigenvalue weighted by Crippen LogP contribution is -2.25. The van der Waals surface area contributed by atoms with Crippen LogP contribution in [0, 0.1) is 12.7 Å². The second-order valence-electron chi connectivity index (χ2n) is 7.85. The molecule has 3 heterocycles. The maximum absolute atomic E-state index is 14.8. The zero-order valence-electron chi connectivity index (χ0n) is 18.8. The first-order chi connectivity index (χ1) is 16.9. The number of aryl methyl sites for hydroxylation is 1. The lowest BCUT2D eigenvalue weighted by molar-refractivity contribution is 0.159. The number of halogens is 2. The van der Waals surface area contributed by atoms with E-state index < -0.39 is 11.9 Å².